The van der Waals surface area contributed by atoms with E-state index in [1.807, 2.05) is 0 Å². The average Bonchev–Trinajstić information content (AvgIpc) is 3.43. The molecular weight excluding hydrogens is 679 g/mol. The molecule has 0 aromatic heterocycles. The first-order valence-electron chi connectivity index (χ1n) is 21.7. The van der Waals surface area contributed by atoms with Crippen molar-refractivity contribution in [3.63, 3.8) is 0 Å². The van der Waals surface area contributed by atoms with Crippen LogP contribution in [0.1, 0.15) is 92.4 Å². The fraction of sp³-hybridized carbons (Fsp3) is 0.434. The van der Waals surface area contributed by atoms with Crippen molar-refractivity contribution in [2.75, 3.05) is 0 Å². The van der Waals surface area contributed by atoms with Crippen molar-refractivity contribution in [1.82, 2.24) is 5.32 Å². The number of rotatable bonds is 5. The van der Waals surface area contributed by atoms with Crippen molar-refractivity contribution in [3.05, 3.63) is 153 Å². The Kier molecular flexibility index (Phi) is 8.77. The van der Waals surface area contributed by atoms with Crippen molar-refractivity contribution in [2.24, 2.45) is 56.3 Å². The van der Waals surface area contributed by atoms with Gasteiger partial charge in [-0.1, -0.05) is 154 Å². The van der Waals surface area contributed by atoms with Crippen LogP contribution in [0.5, 0.6) is 0 Å². The molecule has 0 radical (unpaired) electrons. The van der Waals surface area contributed by atoms with Gasteiger partial charge in [0.05, 0.1) is 5.57 Å². The Morgan fingerprint density at radius 1 is 0.839 bits per heavy atom. The number of aliphatic imine (C=N–C) groups is 2. The maximum absolute atomic E-state index is 5.38. The van der Waals surface area contributed by atoms with Gasteiger partial charge < -0.3 is 5.32 Å². The van der Waals surface area contributed by atoms with E-state index in [-0.39, 0.29) is 28.8 Å². The minimum absolute atomic E-state index is 0.0863. The van der Waals surface area contributed by atoms with E-state index in [2.05, 4.69) is 149 Å². The summed E-state index contributed by atoms with van der Waals surface area (Å²) in [5, 5.41) is 3.76. The maximum atomic E-state index is 5.38. The van der Waals surface area contributed by atoms with Gasteiger partial charge in [0.15, 0.2) is 6.17 Å². The second-order valence-corrected chi connectivity index (χ2v) is 18.9. The molecule has 0 bridgehead atoms. The zero-order valence-electron chi connectivity index (χ0n) is 34.0. The van der Waals surface area contributed by atoms with E-state index in [0.29, 0.717) is 23.7 Å². The maximum Gasteiger partial charge on any atom is 0.150 e. The Balaban J connectivity index is 0.896. The van der Waals surface area contributed by atoms with E-state index in [1.165, 1.54) is 43.3 Å². The van der Waals surface area contributed by atoms with Gasteiger partial charge in [0.1, 0.15) is 11.7 Å². The lowest BCUT2D eigenvalue weighted by molar-refractivity contribution is 0.322. The van der Waals surface area contributed by atoms with E-state index in [1.54, 1.807) is 39.0 Å². The highest BCUT2D eigenvalue weighted by Crippen LogP contribution is 2.58. The standard InChI is InChI=1S/C53H57N3/c1-33-13-6-7-16-40(33)51-55-49(36-15-12-14-34(21-24-36)38-27-29-43-41-17-8-10-19-45(41)52(2,3)47(43)31-38)54-50(56-51)37-25-22-35(23-26-37)39-28-30-44-42-18-9-11-20-46(42)53(4,5)48(44)32-39/h6-7,10-11,13,16,19-22,24-25,27-28,30-31,33,35,37,40,43,48,51H,8-9,14,17-18,23,26,29,32H2,1-5H3,(H,54,55,56)/t33?,35?,37?,40?,43-,48?,51?/m1/s1. The molecule has 1 heterocycles. The minimum Gasteiger partial charge on any atom is -0.327 e. The second-order valence-electron chi connectivity index (χ2n) is 18.9. The number of amidine groups is 2. The van der Waals surface area contributed by atoms with Crippen LogP contribution in [0.25, 0.3) is 0 Å². The van der Waals surface area contributed by atoms with Gasteiger partial charge in [-0.05, 0) is 114 Å². The summed E-state index contributed by atoms with van der Waals surface area (Å²) in [6.07, 6.45) is 47.7. The normalized spacial score (nSPS) is 34.5. The van der Waals surface area contributed by atoms with E-state index in [0.717, 1.165) is 42.9 Å². The molecule has 56 heavy (non-hydrogen) atoms. The lowest BCUT2D eigenvalue weighted by Gasteiger charge is -2.36. The van der Waals surface area contributed by atoms with Crippen LogP contribution in [0.2, 0.25) is 0 Å². The van der Waals surface area contributed by atoms with Crippen LogP contribution >= 0.6 is 0 Å². The van der Waals surface area contributed by atoms with Gasteiger partial charge in [-0.15, -0.1) is 0 Å². The molecule has 7 atom stereocenters. The fourth-order valence-corrected chi connectivity index (χ4v) is 11.7. The zero-order valence-corrected chi connectivity index (χ0v) is 34.0. The molecule has 10 aliphatic rings. The molecule has 284 valence electrons. The molecule has 9 aliphatic carbocycles. The van der Waals surface area contributed by atoms with Gasteiger partial charge in [0.25, 0.3) is 0 Å². The average molecular weight is 736 g/mol. The SMILES string of the molecule is CC1C=CC=CC1C1N=C(C2=CC=C(C3=CC[C@H]4C(=C3)C(C)(C)C3=C4CCC=C3)CC#C2)NC(C2C=CC(C3=CC=C4C5=C(C=CCC5)C(C)(C)C4C3)CC2)=N1. The van der Waals surface area contributed by atoms with Crippen molar-refractivity contribution in [1.29, 1.82) is 0 Å². The largest absolute Gasteiger partial charge is 0.327 e. The zero-order chi connectivity index (χ0) is 38.2. The van der Waals surface area contributed by atoms with E-state index >= 15 is 0 Å². The third kappa shape index (κ3) is 5.93. The van der Waals surface area contributed by atoms with Crippen molar-refractivity contribution in [2.45, 2.75) is 98.6 Å². The molecule has 0 aromatic rings. The summed E-state index contributed by atoms with van der Waals surface area (Å²) in [6.45, 7) is 12.1. The molecule has 6 unspecified atom stereocenters. The van der Waals surface area contributed by atoms with Crippen LogP contribution in [0, 0.1) is 58.2 Å². The summed E-state index contributed by atoms with van der Waals surface area (Å²) in [5.74, 6) is 11.5. The molecule has 0 spiro atoms. The lowest BCUT2D eigenvalue weighted by Crippen LogP contribution is -2.43. The third-order valence-corrected chi connectivity index (χ3v) is 15.0. The fourth-order valence-electron chi connectivity index (χ4n) is 11.7. The second kappa shape index (κ2) is 13.8. The van der Waals surface area contributed by atoms with Gasteiger partial charge in [-0.25, -0.2) is 9.98 Å². The van der Waals surface area contributed by atoms with Crippen LogP contribution in [0.4, 0.5) is 0 Å². The number of hydrogen-bond acceptors (Lipinski definition) is 3. The first-order valence-corrected chi connectivity index (χ1v) is 21.7. The molecule has 1 aliphatic heterocycles. The summed E-state index contributed by atoms with van der Waals surface area (Å²) < 4.78 is 0. The Morgan fingerprint density at radius 2 is 1.64 bits per heavy atom. The number of hydrogen-bond donors (Lipinski definition) is 1. The monoisotopic (exact) mass is 735 g/mol. The van der Waals surface area contributed by atoms with Crippen molar-refractivity contribution in [3.8, 4) is 11.8 Å². The number of nitrogens with one attached hydrogen (secondary N) is 1. The molecule has 0 saturated carbocycles. The summed E-state index contributed by atoms with van der Waals surface area (Å²) in [5.41, 5.74) is 15.1. The highest BCUT2D eigenvalue weighted by molar-refractivity contribution is 6.13. The molecule has 0 amide bonds. The van der Waals surface area contributed by atoms with Gasteiger partial charge in [-0.3, -0.25) is 0 Å². The van der Waals surface area contributed by atoms with Gasteiger partial charge >= 0.3 is 0 Å². The molecular formula is C53H57N3. The molecule has 0 fully saturated rings. The van der Waals surface area contributed by atoms with Crippen LogP contribution in [0.3, 0.4) is 0 Å². The number of fused-ring (bicyclic) bond motifs is 4. The smallest absolute Gasteiger partial charge is 0.150 e. The quantitative estimate of drug-likeness (QED) is 0.222. The molecule has 3 nitrogen and oxygen atoms in total. The van der Waals surface area contributed by atoms with Crippen LogP contribution in [-0.2, 0) is 0 Å². The molecule has 10 rings (SSSR count). The number of allylic oxidation sites excluding steroid dienone is 23. The van der Waals surface area contributed by atoms with Gasteiger partial charge in [0, 0.05) is 29.6 Å². The highest BCUT2D eigenvalue weighted by atomic mass is 15.2. The first-order chi connectivity index (χ1) is 27.2. The van der Waals surface area contributed by atoms with Crippen LogP contribution in [-0.4, -0.2) is 17.8 Å². The molecule has 0 aromatic carbocycles. The summed E-state index contributed by atoms with van der Waals surface area (Å²) >= 11 is 0. The molecule has 1 N–H and O–H groups in total. The van der Waals surface area contributed by atoms with Crippen LogP contribution < -0.4 is 5.32 Å². The Hall–Kier alpha value is -4.68. The molecule has 0 saturated heterocycles. The Labute approximate surface area is 335 Å². The van der Waals surface area contributed by atoms with E-state index in [9.17, 15) is 0 Å². The summed E-state index contributed by atoms with van der Waals surface area (Å²) in [7, 11) is 0. The number of nitrogens with zero attached hydrogens (tertiary/aromatic N) is 2. The van der Waals surface area contributed by atoms with Gasteiger partial charge in [0.2, 0.25) is 0 Å². The predicted octanol–water partition coefficient (Wildman–Crippen LogP) is 12.1. The lowest BCUT2D eigenvalue weighted by atomic mass is 9.69. The van der Waals surface area contributed by atoms with Gasteiger partial charge in [-0.2, -0.15) is 0 Å². The Bertz CT molecular complexity index is 2310. The van der Waals surface area contributed by atoms with Crippen molar-refractivity contribution < 1.29 is 0 Å². The summed E-state index contributed by atoms with van der Waals surface area (Å²) in [6, 6.07) is 0. The van der Waals surface area contributed by atoms with E-state index < -0.39 is 0 Å². The highest BCUT2D eigenvalue weighted by Gasteiger charge is 2.46. The van der Waals surface area contributed by atoms with E-state index in [4.69, 9.17) is 9.98 Å². The van der Waals surface area contributed by atoms with Crippen LogP contribution in [0.15, 0.2) is 163 Å². The Morgan fingerprint density at radius 3 is 2.48 bits per heavy atom. The minimum atomic E-state index is -0.181. The third-order valence-electron chi connectivity index (χ3n) is 15.0. The molecule has 3 heteroatoms. The summed E-state index contributed by atoms with van der Waals surface area (Å²) in [4.78, 5) is 10.7. The van der Waals surface area contributed by atoms with Crippen molar-refractivity contribution >= 4 is 11.7 Å². The first kappa shape index (κ1) is 35.7. The predicted molar refractivity (Wildman–Crippen MR) is 234 cm³/mol. The topological polar surface area (TPSA) is 36.8 Å².